The van der Waals surface area contributed by atoms with Crippen LogP contribution in [0.15, 0.2) is 23.7 Å². The van der Waals surface area contributed by atoms with Gasteiger partial charge in [0.25, 0.3) is 0 Å². The highest BCUT2D eigenvalue weighted by molar-refractivity contribution is 5.87. The lowest BCUT2D eigenvalue weighted by Gasteiger charge is -2.11. The van der Waals surface area contributed by atoms with Crippen LogP contribution in [0.5, 0.6) is 0 Å². The minimum atomic E-state index is -0.193. The van der Waals surface area contributed by atoms with Gasteiger partial charge in [-0.1, -0.05) is 38.5 Å². The van der Waals surface area contributed by atoms with Gasteiger partial charge in [-0.2, -0.15) is 0 Å². The molecule has 0 fully saturated rings. The Morgan fingerprint density at radius 2 is 1.00 bits per heavy atom. The Hall–Kier alpha value is -1.58. The summed E-state index contributed by atoms with van der Waals surface area (Å²) in [6.45, 7) is 2.76. The van der Waals surface area contributed by atoms with E-state index in [2.05, 4.69) is 0 Å². The maximum atomic E-state index is 11.2. The van der Waals surface area contributed by atoms with Crippen molar-refractivity contribution < 1.29 is 19.8 Å². The molecule has 0 aromatic heterocycles. The smallest absolute Gasteiger partial charge is 0.151 e. The Labute approximate surface area is 121 Å². The summed E-state index contributed by atoms with van der Waals surface area (Å²) < 4.78 is 0. The average Bonchev–Trinajstić information content (AvgIpc) is 2.30. The number of carbonyl (C=O) groups is 2. The van der Waals surface area contributed by atoms with E-state index in [4.69, 9.17) is 0 Å². The number of carbonyl (C=O) groups excluding carboxylic acids is 2. The molecule has 0 aromatic carbocycles. The van der Waals surface area contributed by atoms with Crippen LogP contribution in [0.1, 0.15) is 65.2 Å². The number of hydrogen-bond acceptors (Lipinski definition) is 4. The van der Waals surface area contributed by atoms with Crippen molar-refractivity contribution in [2.45, 2.75) is 65.2 Å². The van der Waals surface area contributed by atoms with Crippen LogP contribution in [0.2, 0.25) is 0 Å². The van der Waals surface area contributed by atoms with Gasteiger partial charge in [0.15, 0.2) is 11.6 Å². The fourth-order valence-electron chi connectivity index (χ4n) is 1.90. The monoisotopic (exact) mass is 280 g/mol. The normalized spacial score (nSPS) is 12.5. The summed E-state index contributed by atoms with van der Waals surface area (Å²) in [5, 5.41) is 22.4. The van der Waals surface area contributed by atoms with Crippen LogP contribution in [-0.2, 0) is 9.59 Å². The van der Waals surface area contributed by atoms with Crippen LogP contribution < -0.4 is 10.2 Å². The topological polar surface area (TPSA) is 80.3 Å². The molecule has 0 amide bonds. The molecule has 0 heterocycles. The lowest BCUT2D eigenvalue weighted by atomic mass is 10.1. The van der Waals surface area contributed by atoms with E-state index in [1.54, 1.807) is 0 Å². The molecule has 0 saturated heterocycles. The summed E-state index contributed by atoms with van der Waals surface area (Å²) in [7, 11) is 0. The molecule has 0 N–H and O–H groups in total. The van der Waals surface area contributed by atoms with Crippen LogP contribution >= 0.6 is 0 Å². The van der Waals surface area contributed by atoms with Crippen molar-refractivity contribution in [1.82, 2.24) is 0 Å². The minimum absolute atomic E-state index is 0.0946. The Balaban J connectivity index is 3.46. The zero-order chi connectivity index (χ0) is 15.4. The molecule has 0 saturated carbocycles. The lowest BCUT2D eigenvalue weighted by Crippen LogP contribution is -2.05. The molecule has 0 unspecified atom stereocenters. The molecule has 0 aliphatic heterocycles. The van der Waals surface area contributed by atoms with Crippen LogP contribution in [0.4, 0.5) is 0 Å². The largest absolute Gasteiger partial charge is 0.875 e. The first-order chi connectivity index (χ1) is 9.41. The Morgan fingerprint density at radius 1 is 0.700 bits per heavy atom. The Morgan fingerprint density at radius 3 is 1.30 bits per heavy atom. The highest BCUT2D eigenvalue weighted by atomic mass is 16.3. The molecule has 0 aliphatic rings. The molecule has 114 valence electrons. The average molecular weight is 280 g/mol. The van der Waals surface area contributed by atoms with Gasteiger partial charge in [0.05, 0.1) is 0 Å². The van der Waals surface area contributed by atoms with Crippen molar-refractivity contribution in [1.29, 1.82) is 0 Å². The van der Waals surface area contributed by atoms with E-state index in [1.807, 2.05) is 0 Å². The zero-order valence-corrected chi connectivity index (χ0v) is 12.4. The summed E-state index contributed by atoms with van der Waals surface area (Å²) in [5.41, 5.74) is 0. The van der Waals surface area contributed by atoms with E-state index in [0.717, 1.165) is 50.7 Å². The summed E-state index contributed by atoms with van der Waals surface area (Å²) in [6.07, 6.45) is 8.76. The molecular weight excluding hydrogens is 256 g/mol. The van der Waals surface area contributed by atoms with Gasteiger partial charge in [-0.25, -0.2) is 0 Å². The van der Waals surface area contributed by atoms with Gasteiger partial charge in [-0.15, -0.1) is 11.5 Å². The van der Waals surface area contributed by atoms with Crippen molar-refractivity contribution in [2.75, 3.05) is 0 Å². The fraction of sp³-hybridized carbons (Fsp3) is 0.625. The number of rotatable bonds is 11. The summed E-state index contributed by atoms with van der Waals surface area (Å²) in [6, 6.07) is 0. The van der Waals surface area contributed by atoms with E-state index >= 15 is 0 Å². The standard InChI is InChI=1S/C16H26O4/c1-13(17)11-15(19)9-7-5-3-4-6-8-10-16(20)12-14(2)18/h11-12,19-20H,3-10H2,1-2H3/p-2/b15-11-,16-12?. The first kappa shape index (κ1) is 18.4. The zero-order valence-electron chi connectivity index (χ0n) is 12.4. The van der Waals surface area contributed by atoms with E-state index in [1.165, 1.54) is 13.8 Å². The quantitative estimate of drug-likeness (QED) is 0.328. The predicted molar refractivity (Wildman–Crippen MR) is 74.5 cm³/mol. The second-order valence-electron chi connectivity index (χ2n) is 5.06. The number of ketones is 2. The van der Waals surface area contributed by atoms with Gasteiger partial charge in [-0.05, 0) is 38.8 Å². The third-order valence-corrected chi connectivity index (χ3v) is 2.82. The van der Waals surface area contributed by atoms with Crippen LogP contribution in [0.3, 0.4) is 0 Å². The highest BCUT2D eigenvalue weighted by Crippen LogP contribution is 2.11. The maximum Gasteiger partial charge on any atom is 0.151 e. The first-order valence-electron chi connectivity index (χ1n) is 7.18. The first-order valence-corrected chi connectivity index (χ1v) is 7.18. The molecule has 4 nitrogen and oxygen atoms in total. The molecule has 0 aliphatic carbocycles. The van der Waals surface area contributed by atoms with E-state index in [9.17, 15) is 19.8 Å². The summed E-state index contributed by atoms with van der Waals surface area (Å²) in [4.78, 5) is 21.3. The summed E-state index contributed by atoms with van der Waals surface area (Å²) >= 11 is 0. The van der Waals surface area contributed by atoms with Gasteiger partial charge in [-0.3, -0.25) is 9.59 Å². The van der Waals surface area contributed by atoms with Crippen LogP contribution in [0.25, 0.3) is 0 Å². The van der Waals surface area contributed by atoms with Crippen LogP contribution in [-0.4, -0.2) is 11.6 Å². The van der Waals surface area contributed by atoms with E-state index in [-0.39, 0.29) is 23.1 Å². The molecule has 0 atom stereocenters. The number of unbranched alkanes of at least 4 members (excludes halogenated alkanes) is 5. The van der Waals surface area contributed by atoms with E-state index in [0.29, 0.717) is 12.8 Å². The molecule has 0 bridgehead atoms. The van der Waals surface area contributed by atoms with Gasteiger partial charge in [0.1, 0.15) is 0 Å². The predicted octanol–water partition coefficient (Wildman–Crippen LogP) is 1.77. The molecule has 0 radical (unpaired) electrons. The van der Waals surface area contributed by atoms with Crippen molar-refractivity contribution in [2.24, 2.45) is 0 Å². The van der Waals surface area contributed by atoms with Gasteiger partial charge in [0.2, 0.25) is 0 Å². The molecule has 4 heteroatoms. The Bertz CT molecular complexity index is 331. The van der Waals surface area contributed by atoms with Crippen molar-refractivity contribution in [3.63, 3.8) is 0 Å². The molecular formula is C16H24O4-2. The molecule has 0 spiro atoms. The maximum absolute atomic E-state index is 11.2. The number of allylic oxidation sites excluding steroid dienone is 4. The van der Waals surface area contributed by atoms with Crippen molar-refractivity contribution in [3.8, 4) is 0 Å². The molecule has 0 aromatic rings. The van der Waals surface area contributed by atoms with Crippen LogP contribution in [0, 0.1) is 0 Å². The number of hydrogen-bond donors (Lipinski definition) is 0. The summed E-state index contributed by atoms with van der Waals surface area (Å²) in [5.74, 6) is -0.574. The third-order valence-electron chi connectivity index (χ3n) is 2.82. The minimum Gasteiger partial charge on any atom is -0.875 e. The lowest BCUT2D eigenvalue weighted by molar-refractivity contribution is -0.307. The van der Waals surface area contributed by atoms with Crippen molar-refractivity contribution in [3.05, 3.63) is 23.7 Å². The third kappa shape index (κ3) is 12.9. The van der Waals surface area contributed by atoms with Crippen molar-refractivity contribution >= 4 is 11.6 Å². The second-order valence-corrected chi connectivity index (χ2v) is 5.06. The van der Waals surface area contributed by atoms with Gasteiger partial charge < -0.3 is 10.2 Å². The Kier molecular flexibility index (Phi) is 10.4. The van der Waals surface area contributed by atoms with E-state index < -0.39 is 0 Å². The van der Waals surface area contributed by atoms with Gasteiger partial charge in [0, 0.05) is 0 Å². The SMILES string of the molecule is CC(=O)C=C([O-])CCCCCCCC/C([O-])=C/C(C)=O. The highest BCUT2D eigenvalue weighted by Gasteiger charge is 1.93. The fourth-order valence-corrected chi connectivity index (χ4v) is 1.90. The molecule has 0 rings (SSSR count). The second kappa shape index (κ2) is 11.3. The molecule has 20 heavy (non-hydrogen) atoms. The van der Waals surface area contributed by atoms with Gasteiger partial charge >= 0.3 is 0 Å².